The van der Waals surface area contributed by atoms with Crippen LogP contribution >= 0.6 is 23.2 Å². The first-order valence-corrected chi connectivity index (χ1v) is 9.07. The number of hydrogen-bond donors (Lipinski definition) is 2. The lowest BCUT2D eigenvalue weighted by atomic mass is 9.96. The molecule has 132 valence electrons. The minimum atomic E-state index is -0.145. The molecule has 4 nitrogen and oxygen atoms in total. The Labute approximate surface area is 157 Å². The van der Waals surface area contributed by atoms with E-state index in [0.717, 1.165) is 30.5 Å². The molecule has 3 N–H and O–H groups in total. The zero-order chi connectivity index (χ0) is 17.8. The molecule has 1 aliphatic carbocycles. The molecule has 2 aromatic rings. The Morgan fingerprint density at radius 2 is 1.88 bits per heavy atom. The van der Waals surface area contributed by atoms with Crippen molar-refractivity contribution in [3.63, 3.8) is 0 Å². The molecule has 0 aliphatic heterocycles. The second-order valence-electron chi connectivity index (χ2n) is 6.18. The topological polar surface area (TPSA) is 64.3 Å². The number of esters is 1. The van der Waals surface area contributed by atoms with Crippen molar-refractivity contribution in [3.05, 3.63) is 52.0 Å². The highest BCUT2D eigenvalue weighted by atomic mass is 35.5. The Hall–Kier alpha value is -1.91. The third kappa shape index (κ3) is 4.59. The van der Waals surface area contributed by atoms with E-state index >= 15 is 0 Å². The highest BCUT2D eigenvalue weighted by Gasteiger charge is 2.21. The third-order valence-electron chi connectivity index (χ3n) is 4.33. The van der Waals surface area contributed by atoms with E-state index in [2.05, 4.69) is 5.32 Å². The number of nitrogens with one attached hydrogen (secondary N) is 1. The molecular formula is C19H20Cl2N2O2. The quantitative estimate of drug-likeness (QED) is 0.525. The third-order valence-corrected chi connectivity index (χ3v) is 5.05. The molecule has 0 heterocycles. The van der Waals surface area contributed by atoms with Gasteiger partial charge in [0.15, 0.2) is 0 Å². The molecule has 0 bridgehead atoms. The number of anilines is 3. The summed E-state index contributed by atoms with van der Waals surface area (Å²) in [5, 5.41) is 4.12. The van der Waals surface area contributed by atoms with Crippen LogP contribution in [0.5, 0.6) is 0 Å². The molecule has 0 aromatic heterocycles. The van der Waals surface area contributed by atoms with Crippen LogP contribution in [0.4, 0.5) is 17.1 Å². The molecule has 0 saturated heterocycles. The second kappa shape index (κ2) is 7.98. The van der Waals surface area contributed by atoms with E-state index in [1.165, 1.54) is 0 Å². The molecule has 0 radical (unpaired) electrons. The fourth-order valence-corrected chi connectivity index (χ4v) is 2.98. The Bertz CT molecular complexity index is 776. The Balaban J connectivity index is 1.68. The van der Waals surface area contributed by atoms with E-state index in [1.807, 2.05) is 24.3 Å². The van der Waals surface area contributed by atoms with Crippen LogP contribution in [-0.4, -0.2) is 12.1 Å². The number of carbonyl (C=O) groups excluding carboxylic acids is 1. The monoisotopic (exact) mass is 378 g/mol. The lowest BCUT2D eigenvalue weighted by Gasteiger charge is -2.25. The zero-order valence-electron chi connectivity index (χ0n) is 13.7. The predicted molar refractivity (Wildman–Crippen MR) is 103 cm³/mol. The van der Waals surface area contributed by atoms with Crippen molar-refractivity contribution in [1.82, 2.24) is 0 Å². The first kappa shape index (κ1) is 17.9. The second-order valence-corrected chi connectivity index (χ2v) is 6.99. The van der Waals surface area contributed by atoms with Crippen LogP contribution in [-0.2, 0) is 16.0 Å². The van der Waals surface area contributed by atoms with Gasteiger partial charge in [0.05, 0.1) is 21.4 Å². The highest BCUT2D eigenvalue weighted by molar-refractivity contribution is 6.42. The summed E-state index contributed by atoms with van der Waals surface area (Å²) in [6.45, 7) is 0. The van der Waals surface area contributed by atoms with Crippen molar-refractivity contribution in [2.75, 3.05) is 11.1 Å². The van der Waals surface area contributed by atoms with Gasteiger partial charge in [0.1, 0.15) is 6.10 Å². The number of benzene rings is 2. The van der Waals surface area contributed by atoms with Crippen molar-refractivity contribution >= 4 is 46.2 Å². The van der Waals surface area contributed by atoms with Gasteiger partial charge in [-0.2, -0.15) is 0 Å². The molecule has 0 unspecified atom stereocenters. The van der Waals surface area contributed by atoms with E-state index < -0.39 is 0 Å². The summed E-state index contributed by atoms with van der Waals surface area (Å²) in [7, 11) is 0. The average molecular weight is 379 g/mol. The van der Waals surface area contributed by atoms with Crippen LogP contribution in [0.3, 0.4) is 0 Å². The van der Waals surface area contributed by atoms with Crippen LogP contribution in [0, 0.1) is 0 Å². The highest BCUT2D eigenvalue weighted by Crippen LogP contribution is 2.33. The van der Waals surface area contributed by atoms with Gasteiger partial charge in [-0.25, -0.2) is 0 Å². The van der Waals surface area contributed by atoms with Crippen molar-refractivity contribution in [1.29, 1.82) is 0 Å². The van der Waals surface area contributed by atoms with Gasteiger partial charge in [-0.1, -0.05) is 41.4 Å². The largest absolute Gasteiger partial charge is 0.462 e. The molecule has 0 amide bonds. The van der Waals surface area contributed by atoms with Crippen molar-refractivity contribution in [2.45, 2.75) is 38.2 Å². The average Bonchev–Trinajstić information content (AvgIpc) is 2.55. The smallest absolute Gasteiger partial charge is 0.306 e. The van der Waals surface area contributed by atoms with Crippen molar-refractivity contribution in [3.8, 4) is 0 Å². The predicted octanol–water partition coefficient (Wildman–Crippen LogP) is 5.35. The SMILES string of the molecule is Nc1cc(Cl)c(Cl)cc1Nc1ccccc1CCC(=O)OC1CCC1. The standard InChI is InChI=1S/C19H20Cl2N2O2/c20-14-10-16(22)18(11-15(14)21)23-17-7-2-1-4-12(17)8-9-19(24)25-13-5-3-6-13/h1-2,4,7,10-11,13,23H,3,5-6,8-9,22H2. The summed E-state index contributed by atoms with van der Waals surface area (Å²) in [6, 6.07) is 11.1. The van der Waals surface area contributed by atoms with E-state index in [1.54, 1.807) is 12.1 Å². The molecule has 2 aromatic carbocycles. The number of rotatable bonds is 6. The van der Waals surface area contributed by atoms with Crippen LogP contribution in [0.15, 0.2) is 36.4 Å². The fourth-order valence-electron chi connectivity index (χ4n) is 2.65. The van der Waals surface area contributed by atoms with Crippen LogP contribution in [0.25, 0.3) is 0 Å². The Morgan fingerprint density at radius 1 is 1.16 bits per heavy atom. The van der Waals surface area contributed by atoms with Gasteiger partial charge in [-0.05, 0) is 49.4 Å². The van der Waals surface area contributed by atoms with Crippen LogP contribution < -0.4 is 11.1 Å². The normalized spacial score (nSPS) is 14.0. The molecule has 0 spiro atoms. The van der Waals surface area contributed by atoms with Gasteiger partial charge in [0, 0.05) is 12.1 Å². The van der Waals surface area contributed by atoms with Crippen molar-refractivity contribution in [2.24, 2.45) is 0 Å². The molecular weight excluding hydrogens is 359 g/mol. The van der Waals surface area contributed by atoms with Crippen LogP contribution in [0.1, 0.15) is 31.2 Å². The summed E-state index contributed by atoms with van der Waals surface area (Å²) in [5.41, 5.74) is 9.09. The Morgan fingerprint density at radius 3 is 2.60 bits per heavy atom. The fraction of sp³-hybridized carbons (Fsp3) is 0.316. The molecule has 25 heavy (non-hydrogen) atoms. The maximum absolute atomic E-state index is 11.9. The zero-order valence-corrected chi connectivity index (χ0v) is 15.2. The van der Waals surface area contributed by atoms with Gasteiger partial charge < -0.3 is 15.8 Å². The molecule has 1 aliphatic rings. The van der Waals surface area contributed by atoms with E-state index in [0.29, 0.717) is 34.3 Å². The summed E-state index contributed by atoms with van der Waals surface area (Å²) in [5.74, 6) is -0.145. The van der Waals surface area contributed by atoms with Gasteiger partial charge in [-0.3, -0.25) is 4.79 Å². The first-order chi connectivity index (χ1) is 12.0. The number of aryl methyl sites for hydroxylation is 1. The molecule has 6 heteroatoms. The first-order valence-electron chi connectivity index (χ1n) is 8.32. The molecule has 1 fully saturated rings. The van der Waals surface area contributed by atoms with Gasteiger partial charge in [-0.15, -0.1) is 0 Å². The molecule has 3 rings (SSSR count). The summed E-state index contributed by atoms with van der Waals surface area (Å²) in [4.78, 5) is 11.9. The number of halogens is 2. The minimum Gasteiger partial charge on any atom is -0.462 e. The number of hydrogen-bond acceptors (Lipinski definition) is 4. The van der Waals surface area contributed by atoms with Gasteiger partial charge >= 0.3 is 5.97 Å². The summed E-state index contributed by atoms with van der Waals surface area (Å²) < 4.78 is 5.40. The number of nitrogen functional groups attached to an aromatic ring is 1. The lowest BCUT2D eigenvalue weighted by Crippen LogP contribution is -2.25. The number of nitrogens with two attached hydrogens (primary N) is 1. The van der Waals surface area contributed by atoms with Gasteiger partial charge in [0.2, 0.25) is 0 Å². The lowest BCUT2D eigenvalue weighted by molar-refractivity contribution is -0.152. The number of ether oxygens (including phenoxy) is 1. The summed E-state index contributed by atoms with van der Waals surface area (Å²) in [6.07, 6.45) is 4.19. The minimum absolute atomic E-state index is 0.122. The van der Waals surface area contributed by atoms with E-state index in [4.69, 9.17) is 33.7 Å². The van der Waals surface area contributed by atoms with E-state index in [9.17, 15) is 4.79 Å². The van der Waals surface area contributed by atoms with Crippen LogP contribution in [0.2, 0.25) is 10.0 Å². The maximum atomic E-state index is 11.9. The van der Waals surface area contributed by atoms with E-state index in [-0.39, 0.29) is 12.1 Å². The van der Waals surface area contributed by atoms with Gasteiger partial charge in [0.25, 0.3) is 0 Å². The number of para-hydroxylation sites is 1. The summed E-state index contributed by atoms with van der Waals surface area (Å²) >= 11 is 12.0. The maximum Gasteiger partial charge on any atom is 0.306 e. The van der Waals surface area contributed by atoms with Crippen molar-refractivity contribution < 1.29 is 9.53 Å². The molecule has 0 atom stereocenters. The number of carbonyl (C=O) groups is 1. The Kier molecular flexibility index (Phi) is 5.71. The molecule has 1 saturated carbocycles.